The summed E-state index contributed by atoms with van der Waals surface area (Å²) in [6.07, 6.45) is 1.31. The van der Waals surface area contributed by atoms with Gasteiger partial charge in [0.1, 0.15) is 11.9 Å². The maximum atomic E-state index is 14.7. The van der Waals surface area contributed by atoms with Gasteiger partial charge in [0.15, 0.2) is 0 Å². The molecule has 180 valence electrons. The van der Waals surface area contributed by atoms with Crippen LogP contribution in [0.2, 0.25) is 0 Å². The van der Waals surface area contributed by atoms with Crippen LogP contribution in [0.1, 0.15) is 28.8 Å². The topological polar surface area (TPSA) is 70.1 Å². The van der Waals surface area contributed by atoms with Crippen LogP contribution < -0.4 is 4.90 Å². The molecule has 1 atom stereocenters. The van der Waals surface area contributed by atoms with E-state index in [0.717, 1.165) is 49.2 Å². The van der Waals surface area contributed by atoms with E-state index >= 15 is 0 Å². The Bertz CT molecular complexity index is 1220. The molecule has 0 unspecified atom stereocenters. The van der Waals surface area contributed by atoms with E-state index in [1.54, 1.807) is 36.4 Å². The lowest BCUT2D eigenvalue weighted by Crippen LogP contribution is -2.53. The van der Waals surface area contributed by atoms with E-state index in [2.05, 4.69) is 4.90 Å². The summed E-state index contributed by atoms with van der Waals surface area (Å²) in [6.45, 7) is 2.96. The average molecular weight is 475 g/mol. The zero-order valence-electron chi connectivity index (χ0n) is 19.3. The number of amides is 1. The Morgan fingerprint density at radius 3 is 2.37 bits per heavy atom. The number of fused-ring (bicyclic) bond motifs is 3. The molecule has 1 N–H and O–H groups in total. The van der Waals surface area contributed by atoms with E-state index in [9.17, 15) is 19.1 Å². The zero-order valence-corrected chi connectivity index (χ0v) is 19.3. The predicted molar refractivity (Wildman–Crippen MR) is 131 cm³/mol. The second kappa shape index (κ2) is 9.88. The lowest BCUT2D eigenvalue weighted by atomic mass is 9.86. The van der Waals surface area contributed by atoms with Crippen LogP contribution >= 0.6 is 0 Å². The predicted octanol–water partition coefficient (Wildman–Crippen LogP) is 5.43. The zero-order chi connectivity index (χ0) is 24.4. The van der Waals surface area contributed by atoms with Gasteiger partial charge in [0, 0.05) is 6.54 Å². The van der Waals surface area contributed by atoms with Gasteiger partial charge in [-0.25, -0.2) is 14.0 Å². The van der Waals surface area contributed by atoms with E-state index < -0.39 is 17.9 Å². The summed E-state index contributed by atoms with van der Waals surface area (Å²) < 4.78 is 20.6. The number of benzene rings is 3. The Hall–Kier alpha value is -3.71. The Labute approximate surface area is 203 Å². The summed E-state index contributed by atoms with van der Waals surface area (Å²) in [5, 5.41) is 9.25. The minimum absolute atomic E-state index is 0.149. The fourth-order valence-electron chi connectivity index (χ4n) is 4.97. The number of carbonyl (C=O) groups excluding carboxylic acids is 1. The smallest absolute Gasteiger partial charge is 0.415 e. The van der Waals surface area contributed by atoms with Crippen molar-refractivity contribution in [2.24, 2.45) is 5.92 Å². The number of piperidine rings is 3. The van der Waals surface area contributed by atoms with Crippen molar-refractivity contribution in [1.29, 1.82) is 0 Å². The fraction of sp³-hybridized carbons (Fsp3) is 0.286. The molecule has 35 heavy (non-hydrogen) atoms. The van der Waals surface area contributed by atoms with Crippen molar-refractivity contribution in [3.8, 4) is 11.1 Å². The van der Waals surface area contributed by atoms with Gasteiger partial charge in [-0.2, -0.15) is 0 Å². The second-order valence-corrected chi connectivity index (χ2v) is 9.18. The molecule has 3 aliphatic rings. The molecule has 0 aromatic heterocycles. The molecule has 0 saturated carbocycles. The van der Waals surface area contributed by atoms with Crippen LogP contribution in [0.15, 0.2) is 72.8 Å². The van der Waals surface area contributed by atoms with Crippen LogP contribution in [0.25, 0.3) is 11.1 Å². The van der Waals surface area contributed by atoms with Gasteiger partial charge < -0.3 is 9.84 Å². The van der Waals surface area contributed by atoms with Crippen molar-refractivity contribution in [2.45, 2.75) is 25.5 Å². The number of rotatable bonds is 6. The lowest BCUT2D eigenvalue weighted by molar-refractivity contribution is -0.0311. The van der Waals surface area contributed by atoms with Gasteiger partial charge in [-0.05, 0) is 72.8 Å². The Morgan fingerprint density at radius 1 is 0.971 bits per heavy atom. The van der Waals surface area contributed by atoms with Crippen LogP contribution in [0.5, 0.6) is 0 Å². The molecule has 6 rings (SSSR count). The quantitative estimate of drug-likeness (QED) is 0.516. The molecule has 3 aromatic rings. The Balaban J connectivity index is 1.37. The van der Waals surface area contributed by atoms with Crippen LogP contribution in [0, 0.1) is 11.7 Å². The van der Waals surface area contributed by atoms with Gasteiger partial charge in [0.2, 0.25) is 0 Å². The van der Waals surface area contributed by atoms with Crippen molar-refractivity contribution in [1.82, 2.24) is 4.90 Å². The van der Waals surface area contributed by atoms with Gasteiger partial charge in [0.25, 0.3) is 0 Å². The number of carbonyl (C=O) groups is 2. The number of ether oxygens (including phenoxy) is 1. The third kappa shape index (κ3) is 5.05. The van der Waals surface area contributed by atoms with Crippen LogP contribution in [0.4, 0.5) is 14.9 Å². The SMILES string of the molecule is O=C(O)c1cccc(-c2ccc(CN(C(=O)O[C@H]3CN4CCC3CC4)c3ccccc3F)cc2)c1. The highest BCUT2D eigenvalue weighted by Crippen LogP contribution is 2.31. The second-order valence-electron chi connectivity index (χ2n) is 9.18. The highest BCUT2D eigenvalue weighted by Gasteiger charge is 2.37. The number of carboxylic acids is 1. The summed E-state index contributed by atoms with van der Waals surface area (Å²) in [5.74, 6) is -1.11. The van der Waals surface area contributed by atoms with E-state index in [-0.39, 0.29) is 23.9 Å². The van der Waals surface area contributed by atoms with Crippen molar-refractivity contribution in [3.63, 3.8) is 0 Å². The first-order chi connectivity index (χ1) is 17.0. The third-order valence-electron chi connectivity index (χ3n) is 6.95. The standard InChI is InChI=1S/C28H27FN2O4/c29-24-6-1-2-7-25(24)31(28(34)35-26-18-30-14-12-21(26)13-15-30)17-19-8-10-20(11-9-19)22-4-3-5-23(16-22)27(32)33/h1-11,16,21,26H,12-15,17-18H2,(H,32,33)/t26-/m0/s1. The number of nitrogens with zero attached hydrogens (tertiary/aromatic N) is 2. The molecule has 3 aliphatic heterocycles. The number of hydrogen-bond donors (Lipinski definition) is 1. The first-order valence-corrected chi connectivity index (χ1v) is 11.9. The first kappa shape index (κ1) is 23.1. The van der Waals surface area contributed by atoms with Gasteiger partial charge in [-0.1, -0.05) is 48.5 Å². The van der Waals surface area contributed by atoms with Crippen LogP contribution in [-0.4, -0.2) is 47.8 Å². The molecular weight excluding hydrogens is 447 g/mol. The minimum Gasteiger partial charge on any atom is -0.478 e. The molecule has 0 radical (unpaired) electrons. The molecule has 1 amide bonds. The molecule has 3 saturated heterocycles. The molecular formula is C28H27FN2O4. The van der Waals surface area contributed by atoms with E-state index in [1.807, 2.05) is 30.3 Å². The first-order valence-electron chi connectivity index (χ1n) is 11.9. The van der Waals surface area contributed by atoms with Crippen molar-refractivity contribution in [2.75, 3.05) is 24.5 Å². The van der Waals surface area contributed by atoms with E-state index in [0.29, 0.717) is 5.92 Å². The lowest BCUT2D eigenvalue weighted by Gasteiger charge is -2.44. The molecule has 7 heteroatoms. The molecule has 0 aliphatic carbocycles. The molecule has 3 heterocycles. The number of halogens is 1. The number of anilines is 1. The summed E-state index contributed by atoms with van der Waals surface area (Å²) in [4.78, 5) is 28.2. The maximum Gasteiger partial charge on any atom is 0.415 e. The average Bonchev–Trinajstić information content (AvgIpc) is 2.89. The normalized spacial score (nSPS) is 20.9. The maximum absolute atomic E-state index is 14.7. The van der Waals surface area contributed by atoms with Crippen LogP contribution in [0.3, 0.4) is 0 Å². The minimum atomic E-state index is -0.981. The Morgan fingerprint density at radius 2 is 1.71 bits per heavy atom. The summed E-state index contributed by atoms with van der Waals surface area (Å²) in [5.41, 5.74) is 2.83. The van der Waals surface area contributed by atoms with E-state index in [4.69, 9.17) is 4.74 Å². The van der Waals surface area contributed by atoms with Crippen LogP contribution in [-0.2, 0) is 11.3 Å². The molecule has 0 spiro atoms. The third-order valence-corrected chi connectivity index (χ3v) is 6.95. The van der Waals surface area contributed by atoms with Gasteiger partial charge in [-0.3, -0.25) is 9.80 Å². The molecule has 3 fully saturated rings. The van der Waals surface area contributed by atoms with Gasteiger partial charge in [0.05, 0.1) is 17.8 Å². The number of carboxylic acid groups (broad SMARTS) is 1. The number of hydrogen-bond acceptors (Lipinski definition) is 4. The highest BCUT2D eigenvalue weighted by molar-refractivity contribution is 5.89. The van der Waals surface area contributed by atoms with Crippen molar-refractivity contribution < 1.29 is 23.8 Å². The van der Waals surface area contributed by atoms with Gasteiger partial charge >= 0.3 is 12.1 Å². The Kier molecular flexibility index (Phi) is 6.51. The van der Waals surface area contributed by atoms with Gasteiger partial charge in [-0.15, -0.1) is 0 Å². The largest absolute Gasteiger partial charge is 0.478 e. The van der Waals surface area contributed by atoms with E-state index in [1.165, 1.54) is 11.0 Å². The number of aromatic carboxylic acids is 1. The highest BCUT2D eigenvalue weighted by atomic mass is 19.1. The monoisotopic (exact) mass is 474 g/mol. The fourth-order valence-corrected chi connectivity index (χ4v) is 4.97. The molecule has 2 bridgehead atoms. The summed E-state index contributed by atoms with van der Waals surface area (Å²) in [6, 6.07) is 20.4. The van der Waals surface area contributed by atoms with Crippen molar-refractivity contribution in [3.05, 3.63) is 89.7 Å². The molecule has 3 aromatic carbocycles. The summed E-state index contributed by atoms with van der Waals surface area (Å²) >= 11 is 0. The van der Waals surface area contributed by atoms with Crippen molar-refractivity contribution >= 4 is 17.7 Å². The summed E-state index contributed by atoms with van der Waals surface area (Å²) in [7, 11) is 0. The molecule has 6 nitrogen and oxygen atoms in total. The number of para-hydroxylation sites is 1.